The van der Waals surface area contributed by atoms with E-state index in [9.17, 15) is 14.0 Å². The van der Waals surface area contributed by atoms with E-state index in [-0.39, 0.29) is 37.7 Å². The van der Waals surface area contributed by atoms with E-state index in [4.69, 9.17) is 29.0 Å². The number of nitrogens with zero attached hydrogens (tertiary/aromatic N) is 1. The minimum Gasteiger partial charge on any atom is -0.497 e. The van der Waals surface area contributed by atoms with Crippen molar-refractivity contribution in [3.05, 3.63) is 95.3 Å². The SMILES string of the molecule is COc1cccc([C@H]2OC(c3ccc(OCCCO)cc3)=N[C@@]2(CCC(=O)OC(C)(C)C)C(=O)NCCc2cccc(F)c2)c1. The first-order valence-electron chi connectivity index (χ1n) is 15.0. The molecule has 10 heteroatoms. The van der Waals surface area contributed by atoms with Crippen molar-refractivity contribution in [3.63, 3.8) is 0 Å². The maximum Gasteiger partial charge on any atom is 0.306 e. The van der Waals surface area contributed by atoms with Gasteiger partial charge in [0, 0.05) is 31.6 Å². The molecule has 2 atom stereocenters. The Morgan fingerprint density at radius 1 is 1.04 bits per heavy atom. The summed E-state index contributed by atoms with van der Waals surface area (Å²) >= 11 is 0. The third-order valence-corrected chi connectivity index (χ3v) is 7.15. The zero-order valence-corrected chi connectivity index (χ0v) is 26.2. The second-order valence-electron chi connectivity index (χ2n) is 11.8. The average molecular weight is 621 g/mol. The lowest BCUT2D eigenvalue weighted by Crippen LogP contribution is -2.49. The molecule has 1 amide bonds. The van der Waals surface area contributed by atoms with Gasteiger partial charge in [-0.05, 0) is 93.3 Å². The molecule has 0 unspecified atom stereocenters. The number of hydrogen-bond donors (Lipinski definition) is 2. The molecule has 0 saturated heterocycles. The van der Waals surface area contributed by atoms with Crippen LogP contribution in [0.2, 0.25) is 0 Å². The molecular weight excluding hydrogens is 579 g/mol. The van der Waals surface area contributed by atoms with Crippen LogP contribution in [0, 0.1) is 5.82 Å². The molecule has 2 N–H and O–H groups in total. The summed E-state index contributed by atoms with van der Waals surface area (Å²) in [7, 11) is 1.55. The number of carbonyl (C=O) groups is 2. The van der Waals surface area contributed by atoms with Crippen LogP contribution < -0.4 is 14.8 Å². The number of ether oxygens (including phenoxy) is 4. The van der Waals surface area contributed by atoms with Crippen LogP contribution in [-0.2, 0) is 25.5 Å². The molecule has 9 nitrogen and oxygen atoms in total. The molecular formula is C35H41FN2O7. The fourth-order valence-corrected chi connectivity index (χ4v) is 5.03. The van der Waals surface area contributed by atoms with Crippen LogP contribution in [0.1, 0.15) is 62.8 Å². The van der Waals surface area contributed by atoms with Crippen molar-refractivity contribution < 1.29 is 38.0 Å². The Hall–Kier alpha value is -4.44. The van der Waals surface area contributed by atoms with E-state index in [0.29, 0.717) is 42.1 Å². The molecule has 0 aliphatic carbocycles. The first kappa shape index (κ1) is 33.5. The van der Waals surface area contributed by atoms with E-state index in [1.165, 1.54) is 12.1 Å². The van der Waals surface area contributed by atoms with E-state index in [1.54, 1.807) is 82.5 Å². The van der Waals surface area contributed by atoms with Gasteiger partial charge < -0.3 is 29.4 Å². The van der Waals surface area contributed by atoms with Crippen LogP contribution in [0.3, 0.4) is 0 Å². The summed E-state index contributed by atoms with van der Waals surface area (Å²) in [6, 6.07) is 20.5. The highest BCUT2D eigenvalue weighted by Gasteiger charge is 2.53. The number of benzene rings is 3. The standard InChI is InChI=1S/C35H41FN2O7/c1-34(2,3)45-30(40)16-18-35(33(41)37-19-17-24-8-5-10-27(36)22-24)31(26-9-6-11-29(23-26)42-4)44-32(38-35)25-12-14-28(15-13-25)43-21-7-20-39/h5-6,8-15,22-23,31,39H,7,16-21H2,1-4H3,(H,37,41)/t31-,35-/m1/s1. The summed E-state index contributed by atoms with van der Waals surface area (Å²) in [6.07, 6.45) is -0.0904. The highest BCUT2D eigenvalue weighted by molar-refractivity contribution is 6.01. The van der Waals surface area contributed by atoms with Gasteiger partial charge in [-0.15, -0.1) is 0 Å². The van der Waals surface area contributed by atoms with Crippen molar-refractivity contribution in [1.29, 1.82) is 0 Å². The number of rotatable bonds is 14. The predicted octanol–water partition coefficient (Wildman–Crippen LogP) is 5.33. The van der Waals surface area contributed by atoms with Gasteiger partial charge >= 0.3 is 5.97 Å². The molecule has 0 spiro atoms. The van der Waals surface area contributed by atoms with Crippen LogP contribution in [0.15, 0.2) is 77.8 Å². The van der Waals surface area contributed by atoms with Crippen LogP contribution in [0.25, 0.3) is 0 Å². The molecule has 0 radical (unpaired) electrons. The molecule has 0 saturated carbocycles. The van der Waals surface area contributed by atoms with Crippen LogP contribution in [0.4, 0.5) is 4.39 Å². The summed E-state index contributed by atoms with van der Waals surface area (Å²) in [5, 5.41) is 12.0. The molecule has 4 rings (SSSR count). The Morgan fingerprint density at radius 2 is 1.80 bits per heavy atom. The first-order chi connectivity index (χ1) is 21.5. The molecule has 1 aliphatic heterocycles. The fourth-order valence-electron chi connectivity index (χ4n) is 5.03. The molecule has 240 valence electrons. The molecule has 1 aliphatic rings. The molecule has 0 fully saturated rings. The molecule has 1 heterocycles. The monoisotopic (exact) mass is 620 g/mol. The van der Waals surface area contributed by atoms with Gasteiger partial charge in [0.15, 0.2) is 11.6 Å². The van der Waals surface area contributed by atoms with Crippen molar-refractivity contribution in [2.24, 2.45) is 4.99 Å². The number of amides is 1. The molecule has 45 heavy (non-hydrogen) atoms. The molecule has 0 aromatic heterocycles. The van der Waals surface area contributed by atoms with Crippen LogP contribution in [-0.4, -0.2) is 60.9 Å². The van der Waals surface area contributed by atoms with Crippen molar-refractivity contribution in [2.45, 2.75) is 63.7 Å². The zero-order chi connectivity index (χ0) is 32.5. The summed E-state index contributed by atoms with van der Waals surface area (Å²) in [5.74, 6) is 0.159. The highest BCUT2D eigenvalue weighted by Crippen LogP contribution is 2.44. The second-order valence-corrected chi connectivity index (χ2v) is 11.8. The maximum absolute atomic E-state index is 14.2. The number of aliphatic imine (C=N–C) groups is 1. The minimum absolute atomic E-state index is 0.00143. The van der Waals surface area contributed by atoms with Gasteiger partial charge in [0.25, 0.3) is 5.91 Å². The number of aliphatic hydroxyl groups is 1. The number of halogens is 1. The van der Waals surface area contributed by atoms with Gasteiger partial charge in [0.05, 0.1) is 13.7 Å². The zero-order valence-electron chi connectivity index (χ0n) is 26.2. The smallest absolute Gasteiger partial charge is 0.306 e. The lowest BCUT2D eigenvalue weighted by Gasteiger charge is -2.31. The predicted molar refractivity (Wildman–Crippen MR) is 168 cm³/mol. The summed E-state index contributed by atoms with van der Waals surface area (Å²) < 4.78 is 36.9. The van der Waals surface area contributed by atoms with Gasteiger partial charge in [-0.1, -0.05) is 24.3 Å². The molecule has 0 bridgehead atoms. The third kappa shape index (κ3) is 9.04. The molecule has 3 aromatic rings. The quantitative estimate of drug-likeness (QED) is 0.185. The number of carbonyl (C=O) groups excluding carboxylic acids is 2. The van der Waals surface area contributed by atoms with Gasteiger partial charge in [-0.3, -0.25) is 9.59 Å². The number of methoxy groups -OCH3 is 1. The van der Waals surface area contributed by atoms with Gasteiger partial charge in [0.1, 0.15) is 22.9 Å². The Morgan fingerprint density at radius 3 is 2.49 bits per heavy atom. The number of hydrogen-bond acceptors (Lipinski definition) is 8. The van der Waals surface area contributed by atoms with Gasteiger partial charge in [0.2, 0.25) is 5.90 Å². The normalized spacial score (nSPS) is 17.6. The van der Waals surface area contributed by atoms with E-state index >= 15 is 0 Å². The van der Waals surface area contributed by atoms with E-state index in [2.05, 4.69) is 5.32 Å². The Labute approximate surface area is 263 Å². The summed E-state index contributed by atoms with van der Waals surface area (Å²) in [4.78, 5) is 32.1. The van der Waals surface area contributed by atoms with E-state index in [1.807, 2.05) is 6.07 Å². The lowest BCUT2D eigenvalue weighted by molar-refractivity contribution is -0.155. The lowest BCUT2D eigenvalue weighted by atomic mass is 9.83. The maximum atomic E-state index is 14.2. The fraction of sp³-hybridized carbons (Fsp3) is 0.400. The Balaban J connectivity index is 1.70. The van der Waals surface area contributed by atoms with Crippen molar-refractivity contribution in [2.75, 3.05) is 26.9 Å². The van der Waals surface area contributed by atoms with Gasteiger partial charge in [-0.2, -0.15) is 0 Å². The van der Waals surface area contributed by atoms with Crippen LogP contribution >= 0.6 is 0 Å². The summed E-state index contributed by atoms with van der Waals surface area (Å²) in [5.41, 5.74) is -0.261. The van der Waals surface area contributed by atoms with Crippen molar-refractivity contribution >= 4 is 17.8 Å². The number of nitrogens with one attached hydrogen (secondary N) is 1. The topological polar surface area (TPSA) is 116 Å². The molecule has 3 aromatic carbocycles. The van der Waals surface area contributed by atoms with Crippen LogP contribution in [0.5, 0.6) is 11.5 Å². The van der Waals surface area contributed by atoms with E-state index < -0.39 is 29.1 Å². The largest absolute Gasteiger partial charge is 0.497 e. The minimum atomic E-state index is -1.54. The summed E-state index contributed by atoms with van der Waals surface area (Å²) in [6.45, 7) is 5.96. The Bertz CT molecular complexity index is 1490. The number of aliphatic hydroxyl groups excluding tert-OH is 1. The second kappa shape index (κ2) is 15.0. The first-order valence-corrected chi connectivity index (χ1v) is 15.0. The third-order valence-electron chi connectivity index (χ3n) is 7.15. The Kier molecular flexibility index (Phi) is 11.2. The van der Waals surface area contributed by atoms with Gasteiger partial charge in [-0.25, -0.2) is 9.38 Å². The number of esters is 1. The highest BCUT2D eigenvalue weighted by atomic mass is 19.1. The average Bonchev–Trinajstić information content (AvgIpc) is 3.41. The van der Waals surface area contributed by atoms with Crippen molar-refractivity contribution in [1.82, 2.24) is 5.32 Å². The van der Waals surface area contributed by atoms with E-state index in [0.717, 1.165) is 5.56 Å². The van der Waals surface area contributed by atoms with Crippen molar-refractivity contribution in [3.8, 4) is 11.5 Å².